The van der Waals surface area contributed by atoms with E-state index >= 15 is 0 Å². The summed E-state index contributed by atoms with van der Waals surface area (Å²) in [6.45, 7) is 3.18. The molecule has 2 saturated heterocycles. The minimum absolute atomic E-state index is 0.0283. The lowest BCUT2D eigenvalue weighted by atomic mass is 10.1. The lowest BCUT2D eigenvalue weighted by Crippen LogP contribution is -2.63. The summed E-state index contributed by atoms with van der Waals surface area (Å²) in [5.41, 5.74) is 0.435. The van der Waals surface area contributed by atoms with E-state index in [2.05, 4.69) is 4.98 Å². The highest BCUT2D eigenvalue weighted by Gasteiger charge is 2.53. The number of ether oxygens (including phenoxy) is 1. The SMILES string of the molecule is C[C@@H](C(=O)N1CCOC(Cl)C1)[N+]1(c2ccnc3cc(S(N)(=O)=O)sc23)CCCC1=O. The molecule has 0 aromatic carbocycles. The second kappa shape index (κ2) is 7.81. The van der Waals surface area contributed by atoms with Crippen LogP contribution in [0.15, 0.2) is 22.5 Å². The first-order valence-electron chi connectivity index (χ1n) is 9.52. The van der Waals surface area contributed by atoms with Gasteiger partial charge in [-0.2, -0.15) is 0 Å². The number of carbonyl (C=O) groups excluding carboxylic acids is 2. The van der Waals surface area contributed by atoms with Gasteiger partial charge in [-0.25, -0.2) is 22.8 Å². The van der Waals surface area contributed by atoms with E-state index in [4.69, 9.17) is 21.5 Å². The number of thiophene rings is 1. The molecule has 4 rings (SSSR count). The van der Waals surface area contributed by atoms with Gasteiger partial charge >= 0.3 is 5.91 Å². The molecule has 2 N–H and O–H groups in total. The average molecular weight is 474 g/mol. The molecular formula is C18H22ClN4O5S2+. The zero-order valence-electron chi connectivity index (χ0n) is 16.3. The number of likely N-dealkylation sites (tertiary alicyclic amines) is 1. The van der Waals surface area contributed by atoms with E-state index in [9.17, 15) is 18.0 Å². The van der Waals surface area contributed by atoms with Crippen LogP contribution in [0.2, 0.25) is 0 Å². The zero-order chi connectivity index (χ0) is 21.7. The summed E-state index contributed by atoms with van der Waals surface area (Å²) in [6.07, 6.45) is 2.51. The molecule has 2 unspecified atom stereocenters. The number of nitrogens with zero attached hydrogens (tertiary/aromatic N) is 3. The summed E-state index contributed by atoms with van der Waals surface area (Å²) >= 11 is 7.03. The van der Waals surface area contributed by atoms with Gasteiger partial charge in [0.25, 0.3) is 5.91 Å². The van der Waals surface area contributed by atoms with E-state index in [1.165, 1.54) is 12.3 Å². The number of nitrogens with two attached hydrogens (primary N) is 1. The second-order valence-corrected chi connectivity index (χ2v) is 10.8. The van der Waals surface area contributed by atoms with Crippen molar-refractivity contribution in [2.24, 2.45) is 5.14 Å². The number of halogens is 1. The number of quaternary nitrogens is 1. The largest absolute Gasteiger partial charge is 0.359 e. The van der Waals surface area contributed by atoms with Crippen molar-refractivity contribution in [1.82, 2.24) is 14.4 Å². The maximum atomic E-state index is 13.4. The zero-order valence-corrected chi connectivity index (χ0v) is 18.7. The summed E-state index contributed by atoms with van der Waals surface area (Å²) in [4.78, 5) is 32.5. The molecule has 0 spiro atoms. The Balaban J connectivity index is 1.83. The number of pyridine rings is 1. The highest BCUT2D eigenvalue weighted by molar-refractivity contribution is 7.91. The molecule has 2 aromatic rings. The summed E-state index contributed by atoms with van der Waals surface area (Å²) in [5, 5.41) is 5.30. The predicted octanol–water partition coefficient (Wildman–Crippen LogP) is 1.38. The molecule has 12 heteroatoms. The van der Waals surface area contributed by atoms with Crippen LogP contribution in [0, 0.1) is 0 Å². The van der Waals surface area contributed by atoms with Crippen LogP contribution >= 0.6 is 22.9 Å². The van der Waals surface area contributed by atoms with Gasteiger partial charge in [-0.05, 0) is 13.0 Å². The van der Waals surface area contributed by atoms with Gasteiger partial charge in [0.15, 0.2) is 11.7 Å². The maximum Gasteiger partial charge on any atom is 0.319 e. The van der Waals surface area contributed by atoms with E-state index in [-0.39, 0.29) is 27.1 Å². The Morgan fingerprint density at radius 2 is 2.27 bits per heavy atom. The second-order valence-electron chi connectivity index (χ2n) is 7.49. The van der Waals surface area contributed by atoms with Crippen LogP contribution in [0.3, 0.4) is 0 Å². The molecule has 2 amide bonds. The highest BCUT2D eigenvalue weighted by atomic mass is 35.5. The maximum absolute atomic E-state index is 13.4. The Hall–Kier alpha value is -1.63. The third kappa shape index (κ3) is 3.53. The lowest BCUT2D eigenvalue weighted by molar-refractivity contribution is -0.145. The molecular weight excluding hydrogens is 452 g/mol. The summed E-state index contributed by atoms with van der Waals surface area (Å²) < 4.78 is 29.4. The molecule has 2 fully saturated rings. The normalized spacial score (nSPS) is 26.3. The fraction of sp³-hybridized carbons (Fsp3) is 0.500. The Bertz CT molecular complexity index is 1120. The van der Waals surface area contributed by atoms with Crippen LogP contribution in [-0.4, -0.2) is 68.0 Å². The van der Waals surface area contributed by atoms with Crippen molar-refractivity contribution in [3.63, 3.8) is 0 Å². The van der Waals surface area contributed by atoms with Gasteiger partial charge in [0.1, 0.15) is 14.5 Å². The first kappa shape index (κ1) is 21.6. The standard InChI is InChI=1S/C18H22ClN4O5S2/c1-11(18(25)22-6-8-28-14(19)10-22)23(7-2-3-15(23)24)13-4-5-21-12-9-16(29-17(12)13)30(20,26)27/h4-5,9,11,14H,2-3,6-8,10H2,1H3,(H2,20,26,27)/q+1/t11-,14?,23?/m0/s1. The van der Waals surface area contributed by atoms with Crippen molar-refractivity contribution < 1.29 is 22.7 Å². The topological polar surface area (TPSA) is 120 Å². The Morgan fingerprint density at radius 1 is 1.50 bits per heavy atom. The number of fused-ring (bicyclic) bond motifs is 1. The molecule has 30 heavy (non-hydrogen) atoms. The van der Waals surface area contributed by atoms with E-state index in [1.54, 1.807) is 17.9 Å². The van der Waals surface area contributed by atoms with E-state index in [1.807, 2.05) is 0 Å². The molecule has 2 aromatic heterocycles. The molecule has 0 saturated carbocycles. The summed E-state index contributed by atoms with van der Waals surface area (Å²) in [5.74, 6) is -0.267. The van der Waals surface area contributed by atoms with Gasteiger partial charge in [-0.3, -0.25) is 9.78 Å². The average Bonchev–Trinajstić information content (AvgIpc) is 3.31. The molecule has 0 aliphatic carbocycles. The van der Waals surface area contributed by atoms with Crippen molar-refractivity contribution in [2.45, 2.75) is 35.6 Å². The number of primary sulfonamides is 1. The van der Waals surface area contributed by atoms with E-state index in [0.717, 1.165) is 11.3 Å². The molecule has 2 aliphatic rings. The number of aromatic nitrogens is 1. The Morgan fingerprint density at radius 3 is 2.90 bits per heavy atom. The Kier molecular flexibility index (Phi) is 5.62. The number of hydrogen-bond donors (Lipinski definition) is 1. The molecule has 9 nitrogen and oxygen atoms in total. The third-order valence-electron chi connectivity index (χ3n) is 5.78. The lowest BCUT2D eigenvalue weighted by Gasteiger charge is -2.39. The summed E-state index contributed by atoms with van der Waals surface area (Å²) in [7, 11) is -3.92. The van der Waals surface area contributed by atoms with Crippen molar-refractivity contribution in [3.8, 4) is 0 Å². The number of rotatable bonds is 4. The fourth-order valence-electron chi connectivity index (χ4n) is 4.30. The van der Waals surface area contributed by atoms with Gasteiger partial charge in [0, 0.05) is 25.2 Å². The van der Waals surface area contributed by atoms with Crippen LogP contribution < -0.4 is 9.62 Å². The number of amides is 2. The number of hydrogen-bond acceptors (Lipinski definition) is 7. The van der Waals surface area contributed by atoms with Crippen molar-refractivity contribution >= 4 is 60.7 Å². The molecule has 0 radical (unpaired) electrons. The van der Waals surface area contributed by atoms with Crippen molar-refractivity contribution in [1.29, 1.82) is 0 Å². The number of morpholine rings is 1. The first-order chi connectivity index (χ1) is 14.1. The van der Waals surface area contributed by atoms with Gasteiger partial charge in [0.2, 0.25) is 10.0 Å². The van der Waals surface area contributed by atoms with Crippen LogP contribution in [-0.2, 0) is 24.3 Å². The molecule has 4 heterocycles. The number of carbonyl (C=O) groups is 2. The van der Waals surface area contributed by atoms with Crippen LogP contribution in [0.1, 0.15) is 19.8 Å². The predicted molar refractivity (Wildman–Crippen MR) is 114 cm³/mol. The van der Waals surface area contributed by atoms with Crippen molar-refractivity contribution in [3.05, 3.63) is 18.3 Å². The molecule has 162 valence electrons. The summed E-state index contributed by atoms with van der Waals surface area (Å²) in [6, 6.07) is 2.40. The van der Waals surface area contributed by atoms with Gasteiger partial charge in [-0.1, -0.05) is 11.6 Å². The van der Waals surface area contributed by atoms with Gasteiger partial charge in [0.05, 0.1) is 31.6 Å². The molecule has 0 bridgehead atoms. The van der Waals surface area contributed by atoms with E-state index < -0.39 is 21.6 Å². The minimum Gasteiger partial charge on any atom is -0.359 e. The van der Waals surface area contributed by atoms with Crippen molar-refractivity contribution in [2.75, 3.05) is 26.2 Å². The fourth-order valence-corrected chi connectivity index (χ4v) is 6.46. The smallest absolute Gasteiger partial charge is 0.319 e. The quantitative estimate of drug-likeness (QED) is 0.529. The number of alkyl halides is 1. The third-order valence-corrected chi connectivity index (χ3v) is 8.61. The van der Waals surface area contributed by atoms with Gasteiger partial charge < -0.3 is 9.64 Å². The highest BCUT2D eigenvalue weighted by Crippen LogP contribution is 2.42. The van der Waals surface area contributed by atoms with E-state index in [0.29, 0.717) is 48.4 Å². The minimum atomic E-state index is -3.92. The van der Waals surface area contributed by atoms with Crippen LogP contribution in [0.5, 0.6) is 0 Å². The first-order valence-corrected chi connectivity index (χ1v) is 12.3. The van der Waals surface area contributed by atoms with Crippen LogP contribution in [0.25, 0.3) is 10.2 Å². The van der Waals surface area contributed by atoms with Gasteiger partial charge in [-0.15, -0.1) is 11.3 Å². The Labute approximate surface area is 183 Å². The monoisotopic (exact) mass is 473 g/mol. The molecule has 3 atom stereocenters. The number of sulfonamides is 1. The molecule has 2 aliphatic heterocycles. The van der Waals surface area contributed by atoms with Crippen LogP contribution in [0.4, 0.5) is 5.69 Å².